The summed E-state index contributed by atoms with van der Waals surface area (Å²) in [7, 11) is 2.02. The quantitative estimate of drug-likeness (QED) is 0.636. The van der Waals surface area contributed by atoms with E-state index in [1.807, 2.05) is 48.8 Å². The minimum absolute atomic E-state index is 0.0439. The summed E-state index contributed by atoms with van der Waals surface area (Å²) in [5, 5.41) is 5.22. The molecule has 1 amide bonds. The van der Waals surface area contributed by atoms with E-state index in [1.165, 1.54) is 4.88 Å². The standard InChI is InChI=1S/C19H19ClN2OS2/c1-22(12-15-9-10-17(20)25-15)13-18(23)21-19(16-8-5-11-24-16)14-6-3-2-4-7-14/h2-11,19H,12-13H2,1H3,(H,21,23)/p+1/t19-/m0/s1. The average molecular weight is 392 g/mol. The van der Waals surface area contributed by atoms with E-state index in [2.05, 4.69) is 23.5 Å². The second-order valence-corrected chi connectivity index (χ2v) is 8.72. The molecule has 3 aromatic rings. The van der Waals surface area contributed by atoms with Gasteiger partial charge in [0.25, 0.3) is 5.91 Å². The van der Waals surface area contributed by atoms with E-state index < -0.39 is 0 Å². The normalized spacial score (nSPS) is 13.4. The third-order valence-electron chi connectivity index (χ3n) is 3.83. The molecule has 0 saturated heterocycles. The SMILES string of the molecule is C[NH+](CC(=O)N[C@@H](c1ccccc1)c1cccs1)Cc1ccc(Cl)s1. The molecule has 2 heterocycles. The number of nitrogens with one attached hydrogen (secondary N) is 2. The molecule has 1 aromatic carbocycles. The van der Waals surface area contributed by atoms with Gasteiger partial charge in [0.15, 0.2) is 6.54 Å². The van der Waals surface area contributed by atoms with Crippen molar-refractivity contribution in [1.29, 1.82) is 0 Å². The Hall–Kier alpha value is -1.66. The maximum Gasteiger partial charge on any atom is 0.275 e. The highest BCUT2D eigenvalue weighted by Crippen LogP contribution is 2.25. The van der Waals surface area contributed by atoms with Crippen LogP contribution >= 0.6 is 34.3 Å². The van der Waals surface area contributed by atoms with Crippen molar-refractivity contribution in [3.8, 4) is 0 Å². The minimum atomic E-state index is -0.0994. The monoisotopic (exact) mass is 391 g/mol. The van der Waals surface area contributed by atoms with Gasteiger partial charge in [-0.1, -0.05) is 48.0 Å². The van der Waals surface area contributed by atoms with Gasteiger partial charge in [-0.25, -0.2) is 0 Å². The van der Waals surface area contributed by atoms with E-state index >= 15 is 0 Å². The molecule has 3 rings (SSSR count). The molecule has 2 N–H and O–H groups in total. The Labute approximate surface area is 160 Å². The van der Waals surface area contributed by atoms with Gasteiger partial charge in [0.1, 0.15) is 6.54 Å². The third-order valence-corrected chi connectivity index (χ3v) is 6.00. The molecule has 25 heavy (non-hydrogen) atoms. The molecular weight excluding hydrogens is 372 g/mol. The Morgan fingerprint density at radius 3 is 2.60 bits per heavy atom. The zero-order valence-electron chi connectivity index (χ0n) is 13.9. The lowest BCUT2D eigenvalue weighted by molar-refractivity contribution is -0.885. The molecule has 2 atom stereocenters. The summed E-state index contributed by atoms with van der Waals surface area (Å²) in [5.41, 5.74) is 1.10. The lowest BCUT2D eigenvalue weighted by atomic mass is 10.1. The second kappa shape index (κ2) is 8.63. The second-order valence-electron chi connectivity index (χ2n) is 5.94. The largest absolute Gasteiger partial charge is 0.339 e. The number of likely N-dealkylation sites (N-methyl/N-ethyl adjacent to an activating group) is 1. The third kappa shape index (κ3) is 5.16. The number of thiophene rings is 2. The summed E-state index contributed by atoms with van der Waals surface area (Å²) >= 11 is 9.20. The van der Waals surface area contributed by atoms with Crippen molar-refractivity contribution in [3.63, 3.8) is 0 Å². The van der Waals surface area contributed by atoms with E-state index in [0.29, 0.717) is 6.54 Å². The fourth-order valence-corrected chi connectivity index (χ4v) is 4.72. The van der Waals surface area contributed by atoms with Crippen LogP contribution in [0.15, 0.2) is 60.0 Å². The molecule has 130 valence electrons. The summed E-state index contributed by atoms with van der Waals surface area (Å²) in [6.07, 6.45) is 0. The maximum atomic E-state index is 12.6. The summed E-state index contributed by atoms with van der Waals surface area (Å²) in [6.45, 7) is 1.21. The van der Waals surface area contributed by atoms with E-state index in [0.717, 1.165) is 26.2 Å². The van der Waals surface area contributed by atoms with Crippen molar-refractivity contribution in [2.24, 2.45) is 0 Å². The van der Waals surface area contributed by atoms with Gasteiger partial charge in [-0.3, -0.25) is 4.79 Å². The summed E-state index contributed by atoms with van der Waals surface area (Å²) < 4.78 is 0.786. The highest BCUT2D eigenvalue weighted by atomic mass is 35.5. The number of hydrogen-bond acceptors (Lipinski definition) is 3. The van der Waals surface area contributed by atoms with Crippen LogP contribution in [0.5, 0.6) is 0 Å². The van der Waals surface area contributed by atoms with Crippen LogP contribution in [0, 0.1) is 0 Å². The number of benzene rings is 1. The van der Waals surface area contributed by atoms with Crippen LogP contribution in [0.4, 0.5) is 0 Å². The first kappa shape index (κ1) is 18.1. The van der Waals surface area contributed by atoms with Crippen LogP contribution in [0.25, 0.3) is 0 Å². The van der Waals surface area contributed by atoms with Crippen molar-refractivity contribution < 1.29 is 9.69 Å². The molecule has 0 bridgehead atoms. The lowest BCUT2D eigenvalue weighted by Gasteiger charge is -2.19. The molecule has 0 aliphatic heterocycles. The first-order valence-corrected chi connectivity index (χ1v) is 10.1. The fourth-order valence-electron chi connectivity index (χ4n) is 2.71. The first-order chi connectivity index (χ1) is 12.1. The lowest BCUT2D eigenvalue weighted by Crippen LogP contribution is -3.08. The smallest absolute Gasteiger partial charge is 0.275 e. The Kier molecular flexibility index (Phi) is 6.26. The summed E-state index contributed by atoms with van der Waals surface area (Å²) in [4.78, 5) is 16.0. The van der Waals surface area contributed by atoms with E-state index in [4.69, 9.17) is 11.6 Å². The van der Waals surface area contributed by atoms with Crippen LogP contribution in [-0.2, 0) is 11.3 Å². The number of amides is 1. The number of carbonyl (C=O) groups is 1. The average Bonchev–Trinajstić information content (AvgIpc) is 3.25. The van der Waals surface area contributed by atoms with Crippen LogP contribution in [0.2, 0.25) is 4.34 Å². The van der Waals surface area contributed by atoms with Crippen LogP contribution in [0.3, 0.4) is 0 Å². The Morgan fingerprint density at radius 2 is 1.96 bits per heavy atom. The Bertz CT molecular complexity index is 802. The number of carbonyl (C=O) groups excluding carboxylic acids is 1. The Balaban J connectivity index is 1.64. The van der Waals surface area contributed by atoms with Gasteiger partial charge in [-0.2, -0.15) is 0 Å². The molecule has 0 aliphatic carbocycles. The molecule has 6 heteroatoms. The zero-order valence-corrected chi connectivity index (χ0v) is 16.3. The van der Waals surface area contributed by atoms with Crippen LogP contribution in [0.1, 0.15) is 21.4 Å². The highest BCUT2D eigenvalue weighted by Gasteiger charge is 2.20. The van der Waals surface area contributed by atoms with Crippen molar-refractivity contribution in [3.05, 3.63) is 79.6 Å². The maximum absolute atomic E-state index is 12.6. The number of rotatable bonds is 7. The van der Waals surface area contributed by atoms with Crippen LogP contribution < -0.4 is 10.2 Å². The van der Waals surface area contributed by atoms with E-state index in [1.54, 1.807) is 22.7 Å². The summed E-state index contributed by atoms with van der Waals surface area (Å²) in [6, 6.07) is 18.0. The molecule has 2 aromatic heterocycles. The van der Waals surface area contributed by atoms with Crippen molar-refractivity contribution >= 4 is 40.2 Å². The molecule has 0 aliphatic rings. The predicted octanol–water partition coefficient (Wildman–Crippen LogP) is 3.38. The Morgan fingerprint density at radius 1 is 1.16 bits per heavy atom. The van der Waals surface area contributed by atoms with Crippen molar-refractivity contribution in [2.45, 2.75) is 12.6 Å². The molecule has 0 saturated carbocycles. The number of halogens is 1. The van der Waals surface area contributed by atoms with Gasteiger partial charge in [-0.05, 0) is 29.1 Å². The molecule has 0 fully saturated rings. The van der Waals surface area contributed by atoms with Gasteiger partial charge in [-0.15, -0.1) is 22.7 Å². The summed E-state index contributed by atoms with van der Waals surface area (Å²) in [5.74, 6) is 0.0439. The van der Waals surface area contributed by atoms with Crippen molar-refractivity contribution in [1.82, 2.24) is 5.32 Å². The van der Waals surface area contributed by atoms with Crippen molar-refractivity contribution in [2.75, 3.05) is 13.6 Å². The zero-order chi connectivity index (χ0) is 17.6. The predicted molar refractivity (Wildman–Crippen MR) is 106 cm³/mol. The highest BCUT2D eigenvalue weighted by molar-refractivity contribution is 7.16. The van der Waals surface area contributed by atoms with Gasteiger partial charge >= 0.3 is 0 Å². The minimum Gasteiger partial charge on any atom is -0.339 e. The molecule has 1 unspecified atom stereocenters. The van der Waals surface area contributed by atoms with Gasteiger partial charge in [0.2, 0.25) is 0 Å². The molecule has 0 radical (unpaired) electrons. The van der Waals surface area contributed by atoms with E-state index in [9.17, 15) is 4.79 Å². The topological polar surface area (TPSA) is 33.5 Å². The van der Waals surface area contributed by atoms with E-state index in [-0.39, 0.29) is 11.9 Å². The molecular formula is C19H20ClN2OS2+. The fraction of sp³-hybridized carbons (Fsp3) is 0.211. The van der Waals surface area contributed by atoms with Gasteiger partial charge in [0, 0.05) is 4.88 Å². The van der Waals surface area contributed by atoms with Gasteiger partial charge in [0.05, 0.1) is 22.3 Å². The molecule has 0 spiro atoms. The molecule has 3 nitrogen and oxygen atoms in total. The number of hydrogen-bond donors (Lipinski definition) is 2. The number of quaternary nitrogens is 1. The van der Waals surface area contributed by atoms with Gasteiger partial charge < -0.3 is 10.2 Å². The first-order valence-electron chi connectivity index (χ1n) is 8.05. The van der Waals surface area contributed by atoms with Crippen LogP contribution in [-0.4, -0.2) is 19.5 Å².